The molecule has 0 spiro atoms. The molecule has 0 nitrogen and oxygen atoms in total. The Morgan fingerprint density at radius 3 is 0.583 bits per heavy atom. The van der Waals surface area contributed by atoms with Crippen molar-refractivity contribution in [2.45, 2.75) is 0 Å². The van der Waals surface area contributed by atoms with Crippen LogP contribution in [0.4, 0.5) is 0 Å². The lowest BCUT2D eigenvalue weighted by atomic mass is 9.86. The molecule has 0 radical (unpaired) electrons. The minimum atomic E-state index is 1.41. The van der Waals surface area contributed by atoms with E-state index in [1.807, 2.05) is 68.0 Å². The van der Waals surface area contributed by atoms with E-state index in [4.69, 9.17) is 0 Å². The maximum Gasteiger partial charge on any atom is 0.0527 e. The summed E-state index contributed by atoms with van der Waals surface area (Å²) in [4.78, 5) is 0. The number of rotatable bonds is 0. The Morgan fingerprint density at radius 1 is 0.250 bits per heavy atom. The zero-order valence-corrected chi connectivity index (χ0v) is 23.3. The van der Waals surface area contributed by atoms with Crippen molar-refractivity contribution in [1.82, 2.24) is 0 Å². The highest BCUT2D eigenvalue weighted by Crippen LogP contribution is 2.55. The average Bonchev–Trinajstić information content (AvgIpc) is 3.73. The molecule has 0 fully saturated rings. The van der Waals surface area contributed by atoms with Gasteiger partial charge in [-0.2, -0.15) is 0 Å². The van der Waals surface area contributed by atoms with Gasteiger partial charge in [-0.1, -0.05) is 0 Å². The Hall–Kier alpha value is -2.58. The fourth-order valence-electron chi connectivity index (χ4n) is 6.46. The van der Waals surface area contributed by atoms with Crippen LogP contribution in [0.3, 0.4) is 0 Å². The topological polar surface area (TPSA) is 0 Å². The van der Waals surface area contributed by atoms with Crippen LogP contribution in [0.5, 0.6) is 0 Å². The van der Waals surface area contributed by atoms with Gasteiger partial charge in [0.2, 0.25) is 0 Å². The summed E-state index contributed by atoms with van der Waals surface area (Å²) < 4.78 is 8.58. The van der Waals surface area contributed by atoms with Crippen LogP contribution in [0.25, 0.3) is 92.8 Å². The van der Waals surface area contributed by atoms with Gasteiger partial charge in [0, 0.05) is 64.6 Å². The van der Waals surface area contributed by atoms with Crippen molar-refractivity contribution in [1.29, 1.82) is 0 Å². The maximum absolute atomic E-state index is 2.37. The van der Waals surface area contributed by atoms with Gasteiger partial charge in [0.05, 0.1) is 28.2 Å². The van der Waals surface area contributed by atoms with Crippen LogP contribution in [-0.2, 0) is 0 Å². The predicted molar refractivity (Wildman–Crippen MR) is 171 cm³/mol. The molecule has 168 valence electrons. The molecular formula is C30H12S6. The average molecular weight is 565 g/mol. The second-order valence-corrected chi connectivity index (χ2v) is 14.7. The lowest BCUT2D eigenvalue weighted by Crippen LogP contribution is -1.88. The smallest absolute Gasteiger partial charge is 0.0527 e. The molecule has 6 aromatic heterocycles. The predicted octanol–water partition coefficient (Wildman–Crippen LogP) is 12.4. The minimum absolute atomic E-state index is 1.41. The van der Waals surface area contributed by atoms with Crippen molar-refractivity contribution in [3.8, 4) is 0 Å². The van der Waals surface area contributed by atoms with Gasteiger partial charge in [-0.15, -0.1) is 68.0 Å². The van der Waals surface area contributed by atoms with Crippen molar-refractivity contribution >= 4 is 161 Å². The van der Waals surface area contributed by atoms with Crippen LogP contribution in [0.1, 0.15) is 0 Å². The lowest BCUT2D eigenvalue weighted by molar-refractivity contribution is 2.05. The standard InChI is InChI=1S/C30H12S6/c1-7-31-25-13(1)19-20(14-2-8-32-26(14)25)22-16-4-11-35-29(16)30-18(6-12-36-30)24(22)23-17-5-10-34-28(17)27-15(21(19)23)3-9-33-27/h1-12H. The molecular weight excluding hydrogens is 553 g/mol. The summed E-state index contributed by atoms with van der Waals surface area (Å²) in [6.07, 6.45) is 0. The zero-order valence-electron chi connectivity index (χ0n) is 18.4. The molecule has 0 bridgehead atoms. The van der Waals surface area contributed by atoms with E-state index in [0.717, 1.165) is 0 Å². The third-order valence-electron chi connectivity index (χ3n) is 7.73. The van der Waals surface area contributed by atoms with Gasteiger partial charge >= 0.3 is 0 Å². The van der Waals surface area contributed by atoms with Gasteiger partial charge in [0.25, 0.3) is 0 Å². The van der Waals surface area contributed by atoms with Gasteiger partial charge in [0.1, 0.15) is 0 Å². The van der Waals surface area contributed by atoms with Crippen molar-refractivity contribution < 1.29 is 0 Å². The first kappa shape index (κ1) is 19.5. The van der Waals surface area contributed by atoms with Gasteiger partial charge in [0.15, 0.2) is 0 Å². The third kappa shape index (κ3) is 2.11. The number of hydrogen-bond donors (Lipinski definition) is 0. The van der Waals surface area contributed by atoms with Gasteiger partial charge < -0.3 is 0 Å². The summed E-state index contributed by atoms with van der Waals surface area (Å²) in [7, 11) is 0. The van der Waals surface area contributed by atoms with Crippen LogP contribution in [-0.4, -0.2) is 0 Å². The van der Waals surface area contributed by atoms with Crippen molar-refractivity contribution in [3.05, 3.63) is 68.7 Å². The molecule has 10 rings (SSSR count). The second-order valence-electron chi connectivity index (χ2n) is 9.23. The van der Waals surface area contributed by atoms with Gasteiger partial charge in [-0.3, -0.25) is 0 Å². The van der Waals surface area contributed by atoms with E-state index >= 15 is 0 Å². The highest BCUT2D eigenvalue weighted by atomic mass is 32.1. The van der Waals surface area contributed by atoms with Crippen molar-refractivity contribution in [3.63, 3.8) is 0 Å². The molecule has 0 aliphatic carbocycles. The fourth-order valence-corrected chi connectivity index (χ4v) is 12.4. The summed E-state index contributed by atoms with van der Waals surface area (Å²) >= 11 is 11.3. The molecule has 0 aliphatic rings. The first-order valence-corrected chi connectivity index (χ1v) is 16.9. The van der Waals surface area contributed by atoms with E-state index < -0.39 is 0 Å². The molecule has 10 aromatic rings. The maximum atomic E-state index is 2.37. The van der Waals surface area contributed by atoms with Gasteiger partial charge in [-0.25, -0.2) is 0 Å². The molecule has 6 heteroatoms. The van der Waals surface area contributed by atoms with Gasteiger partial charge in [-0.05, 0) is 68.7 Å². The van der Waals surface area contributed by atoms with Crippen molar-refractivity contribution in [2.24, 2.45) is 0 Å². The monoisotopic (exact) mass is 564 g/mol. The Bertz CT molecular complexity index is 2050. The third-order valence-corrected chi connectivity index (χ3v) is 13.7. The Balaban J connectivity index is 1.78. The first-order chi connectivity index (χ1) is 17.9. The highest BCUT2D eigenvalue weighted by Gasteiger charge is 2.25. The molecule has 0 saturated carbocycles. The van der Waals surface area contributed by atoms with Crippen LogP contribution in [0.2, 0.25) is 0 Å². The largest absolute Gasteiger partial charge is 0.142 e. The van der Waals surface area contributed by atoms with Crippen LogP contribution in [0.15, 0.2) is 68.7 Å². The molecule has 0 saturated heterocycles. The van der Waals surface area contributed by atoms with Crippen molar-refractivity contribution in [2.75, 3.05) is 0 Å². The van der Waals surface area contributed by atoms with E-state index in [1.54, 1.807) is 0 Å². The van der Waals surface area contributed by atoms with E-state index in [2.05, 4.69) is 68.7 Å². The molecule has 0 N–H and O–H groups in total. The van der Waals surface area contributed by atoms with E-state index in [1.165, 1.54) is 92.8 Å². The molecule has 0 atom stereocenters. The summed E-state index contributed by atoms with van der Waals surface area (Å²) in [5, 5.41) is 30.8. The molecule has 0 unspecified atom stereocenters. The summed E-state index contributed by atoms with van der Waals surface area (Å²) in [6, 6.07) is 14.2. The molecule has 0 amide bonds. The van der Waals surface area contributed by atoms with E-state index in [-0.39, 0.29) is 0 Å². The van der Waals surface area contributed by atoms with Crippen LogP contribution >= 0.6 is 68.0 Å². The van der Waals surface area contributed by atoms with Crippen LogP contribution in [0, 0.1) is 0 Å². The highest BCUT2D eigenvalue weighted by molar-refractivity contribution is 7.27. The van der Waals surface area contributed by atoms with E-state index in [9.17, 15) is 0 Å². The second kappa shape index (κ2) is 6.64. The zero-order chi connectivity index (χ0) is 23.1. The van der Waals surface area contributed by atoms with Crippen LogP contribution < -0.4 is 0 Å². The molecule has 6 heterocycles. The number of fused-ring (bicyclic) bond motifs is 21. The summed E-state index contributed by atoms with van der Waals surface area (Å²) in [6.45, 7) is 0. The first-order valence-electron chi connectivity index (χ1n) is 11.6. The molecule has 4 aromatic carbocycles. The summed E-state index contributed by atoms with van der Waals surface area (Å²) in [5.41, 5.74) is 0. The number of hydrogen-bond acceptors (Lipinski definition) is 6. The Morgan fingerprint density at radius 2 is 0.417 bits per heavy atom. The lowest BCUT2D eigenvalue weighted by Gasteiger charge is -2.17. The number of thiophene rings is 6. The van der Waals surface area contributed by atoms with E-state index in [0.29, 0.717) is 0 Å². The molecule has 0 aliphatic heterocycles. The normalized spacial score (nSPS) is 13.0. The summed E-state index contributed by atoms with van der Waals surface area (Å²) in [5.74, 6) is 0. The quantitative estimate of drug-likeness (QED) is 0.161. The number of benzene rings is 4. The Kier molecular flexibility index (Phi) is 3.60. The fraction of sp³-hybridized carbons (Fsp3) is 0. The SMILES string of the molecule is c1cc2c(s1)c1sccc1c1c2c2c3ccsc3c3sccc3c2c2c3ccsc3c3sccc3c12. The minimum Gasteiger partial charge on any atom is -0.142 e. The Labute approximate surface area is 227 Å². The molecule has 36 heavy (non-hydrogen) atoms.